The summed E-state index contributed by atoms with van der Waals surface area (Å²) in [5.41, 5.74) is 7.99. The molecular formula is C17H23N5O. The zero-order valence-corrected chi connectivity index (χ0v) is 13.4. The molecule has 122 valence electrons. The number of amides is 1. The molecule has 6 heteroatoms. The van der Waals surface area contributed by atoms with Crippen LogP contribution in [-0.4, -0.2) is 26.7 Å². The summed E-state index contributed by atoms with van der Waals surface area (Å²) >= 11 is 0. The van der Waals surface area contributed by atoms with Crippen LogP contribution in [0.3, 0.4) is 0 Å². The van der Waals surface area contributed by atoms with E-state index in [1.807, 2.05) is 31.2 Å². The van der Waals surface area contributed by atoms with E-state index in [-0.39, 0.29) is 23.9 Å². The van der Waals surface area contributed by atoms with Gasteiger partial charge < -0.3 is 11.1 Å². The topological polar surface area (TPSA) is 85.8 Å². The van der Waals surface area contributed by atoms with Crippen LogP contribution in [0, 0.1) is 5.92 Å². The second-order valence-electron chi connectivity index (χ2n) is 6.29. The highest BCUT2D eigenvalue weighted by atomic mass is 16.1. The molecule has 1 amide bonds. The number of aromatic nitrogens is 3. The Kier molecular flexibility index (Phi) is 4.71. The number of benzene rings is 1. The fourth-order valence-electron chi connectivity index (χ4n) is 3.14. The fourth-order valence-corrected chi connectivity index (χ4v) is 3.14. The van der Waals surface area contributed by atoms with E-state index in [1.165, 1.54) is 6.33 Å². The molecule has 1 aliphatic rings. The smallest absolute Gasteiger partial charge is 0.223 e. The monoisotopic (exact) mass is 313 g/mol. The van der Waals surface area contributed by atoms with Crippen LogP contribution < -0.4 is 11.1 Å². The first-order chi connectivity index (χ1) is 11.1. The van der Waals surface area contributed by atoms with Crippen LogP contribution in [-0.2, 0) is 4.79 Å². The van der Waals surface area contributed by atoms with E-state index < -0.39 is 0 Å². The summed E-state index contributed by atoms with van der Waals surface area (Å²) in [6.07, 6.45) is 6.97. The first kappa shape index (κ1) is 15.7. The Bertz CT molecular complexity index is 638. The molecule has 23 heavy (non-hydrogen) atoms. The van der Waals surface area contributed by atoms with E-state index in [2.05, 4.69) is 15.4 Å². The summed E-state index contributed by atoms with van der Waals surface area (Å²) in [5.74, 6) is 0.170. The Morgan fingerprint density at radius 1 is 1.35 bits per heavy atom. The van der Waals surface area contributed by atoms with E-state index in [0.29, 0.717) is 0 Å². The minimum atomic E-state index is -0.0227. The van der Waals surface area contributed by atoms with Gasteiger partial charge in [-0.25, -0.2) is 9.67 Å². The van der Waals surface area contributed by atoms with Gasteiger partial charge in [-0.05, 0) is 43.9 Å². The van der Waals surface area contributed by atoms with Gasteiger partial charge in [0.25, 0.3) is 0 Å². The van der Waals surface area contributed by atoms with Gasteiger partial charge in [0.2, 0.25) is 5.91 Å². The van der Waals surface area contributed by atoms with Crippen molar-refractivity contribution in [1.82, 2.24) is 20.1 Å². The van der Waals surface area contributed by atoms with Gasteiger partial charge in [0, 0.05) is 12.0 Å². The molecule has 2 aromatic rings. The highest BCUT2D eigenvalue weighted by molar-refractivity contribution is 5.79. The summed E-state index contributed by atoms with van der Waals surface area (Å²) in [6.45, 7) is 2.01. The average molecular weight is 313 g/mol. The van der Waals surface area contributed by atoms with Crippen molar-refractivity contribution < 1.29 is 4.79 Å². The van der Waals surface area contributed by atoms with Crippen molar-refractivity contribution in [2.45, 2.75) is 44.7 Å². The number of nitrogens with one attached hydrogen (secondary N) is 1. The highest BCUT2D eigenvalue weighted by Crippen LogP contribution is 2.24. The fraction of sp³-hybridized carbons (Fsp3) is 0.471. The van der Waals surface area contributed by atoms with Crippen molar-refractivity contribution in [3.63, 3.8) is 0 Å². The number of carbonyl (C=O) groups excluding carboxylic acids is 1. The SMILES string of the molecule is CC(NC(=O)C1CCCC(N)C1)c1ccc(-n2cncn2)cc1. The third-order valence-corrected chi connectivity index (χ3v) is 4.52. The van der Waals surface area contributed by atoms with Crippen LogP contribution >= 0.6 is 0 Å². The maximum Gasteiger partial charge on any atom is 0.223 e. The normalized spacial score (nSPS) is 22.5. The van der Waals surface area contributed by atoms with Gasteiger partial charge in [0.05, 0.1) is 11.7 Å². The zero-order chi connectivity index (χ0) is 16.2. The molecule has 0 bridgehead atoms. The molecule has 3 atom stereocenters. The minimum Gasteiger partial charge on any atom is -0.349 e. The van der Waals surface area contributed by atoms with Gasteiger partial charge in [-0.1, -0.05) is 18.6 Å². The lowest BCUT2D eigenvalue weighted by Gasteiger charge is -2.27. The van der Waals surface area contributed by atoms with Crippen LogP contribution in [0.2, 0.25) is 0 Å². The van der Waals surface area contributed by atoms with Crippen molar-refractivity contribution in [3.05, 3.63) is 42.5 Å². The largest absolute Gasteiger partial charge is 0.349 e. The van der Waals surface area contributed by atoms with Crippen LogP contribution in [0.15, 0.2) is 36.9 Å². The Balaban J connectivity index is 1.61. The molecule has 3 unspecified atom stereocenters. The summed E-state index contributed by atoms with van der Waals surface area (Å²) in [4.78, 5) is 16.3. The Hall–Kier alpha value is -2.21. The summed E-state index contributed by atoms with van der Waals surface area (Å²) in [6, 6.07) is 8.11. The average Bonchev–Trinajstić information content (AvgIpc) is 3.09. The second-order valence-corrected chi connectivity index (χ2v) is 6.29. The summed E-state index contributed by atoms with van der Waals surface area (Å²) in [7, 11) is 0. The lowest BCUT2D eigenvalue weighted by Crippen LogP contribution is -2.38. The Morgan fingerprint density at radius 3 is 2.78 bits per heavy atom. The standard InChI is InChI=1S/C17H23N5O/c1-12(21-17(23)14-3-2-4-15(18)9-14)13-5-7-16(8-6-13)22-11-19-10-20-22/h5-8,10-12,14-15H,2-4,9,18H2,1H3,(H,21,23). The zero-order valence-electron chi connectivity index (χ0n) is 13.4. The summed E-state index contributed by atoms with van der Waals surface area (Å²) in [5, 5.41) is 7.21. The van der Waals surface area contributed by atoms with Gasteiger partial charge in [0.15, 0.2) is 0 Å². The molecule has 0 spiro atoms. The minimum absolute atomic E-state index is 0.0227. The van der Waals surface area contributed by atoms with E-state index >= 15 is 0 Å². The van der Waals surface area contributed by atoms with Crippen LogP contribution in [0.4, 0.5) is 0 Å². The first-order valence-electron chi connectivity index (χ1n) is 8.14. The molecular weight excluding hydrogens is 290 g/mol. The van der Waals surface area contributed by atoms with E-state index in [4.69, 9.17) is 5.73 Å². The van der Waals surface area contributed by atoms with Crippen LogP contribution in [0.5, 0.6) is 0 Å². The predicted octanol–water partition coefficient (Wildman–Crippen LogP) is 1.96. The lowest BCUT2D eigenvalue weighted by molar-refractivity contribution is -0.126. The molecule has 0 radical (unpaired) electrons. The molecule has 6 nitrogen and oxygen atoms in total. The highest BCUT2D eigenvalue weighted by Gasteiger charge is 2.26. The third kappa shape index (κ3) is 3.76. The van der Waals surface area contributed by atoms with E-state index in [9.17, 15) is 4.79 Å². The predicted molar refractivity (Wildman–Crippen MR) is 87.9 cm³/mol. The van der Waals surface area contributed by atoms with Gasteiger partial charge >= 0.3 is 0 Å². The molecule has 1 heterocycles. The van der Waals surface area contributed by atoms with Crippen molar-refractivity contribution in [3.8, 4) is 5.69 Å². The molecule has 1 aromatic carbocycles. The number of carbonyl (C=O) groups is 1. The Morgan fingerprint density at radius 2 is 2.13 bits per heavy atom. The quantitative estimate of drug-likeness (QED) is 0.903. The van der Waals surface area contributed by atoms with E-state index in [0.717, 1.165) is 36.9 Å². The molecule has 0 saturated heterocycles. The number of hydrogen-bond donors (Lipinski definition) is 2. The maximum atomic E-state index is 12.4. The van der Waals surface area contributed by atoms with Gasteiger partial charge in [-0.2, -0.15) is 5.10 Å². The number of nitrogens with two attached hydrogens (primary N) is 1. The lowest BCUT2D eigenvalue weighted by atomic mass is 9.85. The molecule has 1 fully saturated rings. The van der Waals surface area contributed by atoms with Crippen molar-refractivity contribution in [2.75, 3.05) is 0 Å². The first-order valence-corrected chi connectivity index (χ1v) is 8.14. The van der Waals surface area contributed by atoms with Gasteiger partial charge in [-0.3, -0.25) is 4.79 Å². The molecule has 3 N–H and O–H groups in total. The van der Waals surface area contributed by atoms with Crippen LogP contribution in [0.25, 0.3) is 5.69 Å². The Labute approximate surface area is 136 Å². The summed E-state index contributed by atoms with van der Waals surface area (Å²) < 4.78 is 1.70. The number of nitrogens with zero attached hydrogens (tertiary/aromatic N) is 3. The molecule has 1 aromatic heterocycles. The number of hydrogen-bond acceptors (Lipinski definition) is 4. The van der Waals surface area contributed by atoms with Crippen molar-refractivity contribution in [2.24, 2.45) is 11.7 Å². The van der Waals surface area contributed by atoms with Crippen molar-refractivity contribution >= 4 is 5.91 Å². The van der Waals surface area contributed by atoms with Crippen LogP contribution in [0.1, 0.15) is 44.2 Å². The van der Waals surface area contributed by atoms with Gasteiger partial charge in [-0.15, -0.1) is 0 Å². The molecule has 0 aliphatic heterocycles. The molecule has 1 saturated carbocycles. The molecule has 1 aliphatic carbocycles. The second kappa shape index (κ2) is 6.91. The maximum absolute atomic E-state index is 12.4. The molecule has 3 rings (SSSR count). The number of rotatable bonds is 4. The van der Waals surface area contributed by atoms with Gasteiger partial charge in [0.1, 0.15) is 12.7 Å². The third-order valence-electron chi connectivity index (χ3n) is 4.52. The van der Waals surface area contributed by atoms with E-state index in [1.54, 1.807) is 11.0 Å². The van der Waals surface area contributed by atoms with Crippen molar-refractivity contribution in [1.29, 1.82) is 0 Å².